The van der Waals surface area contributed by atoms with Gasteiger partial charge in [0, 0.05) is 23.4 Å². The molecule has 0 radical (unpaired) electrons. The Morgan fingerprint density at radius 3 is 2.34 bits per heavy atom. The van der Waals surface area contributed by atoms with Crippen LogP contribution < -0.4 is 5.32 Å². The highest BCUT2D eigenvalue weighted by molar-refractivity contribution is 6.04. The van der Waals surface area contributed by atoms with E-state index >= 15 is 0 Å². The summed E-state index contributed by atoms with van der Waals surface area (Å²) in [7, 11) is 0. The molecule has 1 heterocycles. The fraction of sp³-hybridized carbons (Fsp3) is 0.158. The van der Waals surface area contributed by atoms with E-state index in [0.29, 0.717) is 29.2 Å². The maximum absolute atomic E-state index is 12.4. The van der Waals surface area contributed by atoms with E-state index in [0.717, 1.165) is 5.56 Å². The Morgan fingerprint density at radius 1 is 1.07 bits per heavy atom. The molecule has 1 N–H and O–H groups in total. The quantitative estimate of drug-likeness (QED) is 0.500. The molecular formula is C19H17N5O5. The molecule has 0 atom stereocenters. The molecule has 2 aromatic carbocycles. The molecule has 0 saturated heterocycles. The van der Waals surface area contributed by atoms with Crippen molar-refractivity contribution in [3.05, 3.63) is 91.3 Å². The Balaban J connectivity index is 1.73. The molecule has 3 rings (SSSR count). The third-order valence-corrected chi connectivity index (χ3v) is 4.39. The number of hydrogen-bond donors (Lipinski definition) is 1. The van der Waals surface area contributed by atoms with E-state index in [9.17, 15) is 25.0 Å². The summed E-state index contributed by atoms with van der Waals surface area (Å²) < 4.78 is 1.55. The Hall–Kier alpha value is -4.08. The summed E-state index contributed by atoms with van der Waals surface area (Å²) >= 11 is 0. The van der Waals surface area contributed by atoms with Gasteiger partial charge in [0.2, 0.25) is 0 Å². The van der Waals surface area contributed by atoms with Crippen molar-refractivity contribution < 1.29 is 14.6 Å². The fourth-order valence-electron chi connectivity index (χ4n) is 2.94. The third kappa shape index (κ3) is 4.26. The highest BCUT2D eigenvalue weighted by Gasteiger charge is 2.21. The Kier molecular flexibility index (Phi) is 5.35. The van der Waals surface area contributed by atoms with Gasteiger partial charge in [-0.2, -0.15) is 5.10 Å². The van der Waals surface area contributed by atoms with Crippen molar-refractivity contribution in [3.8, 4) is 0 Å². The minimum atomic E-state index is -0.534. The van der Waals surface area contributed by atoms with E-state index in [1.165, 1.54) is 18.2 Å². The smallest absolute Gasteiger partial charge is 0.312 e. The lowest BCUT2D eigenvalue weighted by Crippen LogP contribution is -2.12. The molecular weight excluding hydrogens is 378 g/mol. The molecule has 0 aliphatic carbocycles. The van der Waals surface area contributed by atoms with Crippen LogP contribution in [0.15, 0.2) is 48.5 Å². The number of amides is 1. The Labute approximate surface area is 165 Å². The molecule has 0 aliphatic heterocycles. The van der Waals surface area contributed by atoms with Crippen LogP contribution in [0.25, 0.3) is 0 Å². The molecule has 0 aliphatic rings. The SMILES string of the molecule is Cc1nn(Cc2ccc(C(=O)Nc3cccc([N+](=O)[O-])c3)cc2)c(C)c1[N+](=O)[O-]. The first kappa shape index (κ1) is 19.7. The van der Waals surface area contributed by atoms with Crippen LogP contribution in [0, 0.1) is 34.1 Å². The number of benzene rings is 2. The van der Waals surface area contributed by atoms with Crippen molar-refractivity contribution in [3.63, 3.8) is 0 Å². The van der Waals surface area contributed by atoms with E-state index in [1.54, 1.807) is 48.9 Å². The van der Waals surface area contributed by atoms with Crippen LogP contribution in [-0.4, -0.2) is 25.5 Å². The van der Waals surface area contributed by atoms with Gasteiger partial charge < -0.3 is 5.32 Å². The van der Waals surface area contributed by atoms with E-state index in [-0.39, 0.29) is 11.4 Å². The van der Waals surface area contributed by atoms with Crippen molar-refractivity contribution in [2.45, 2.75) is 20.4 Å². The van der Waals surface area contributed by atoms with Gasteiger partial charge in [0.15, 0.2) is 0 Å². The van der Waals surface area contributed by atoms with Gasteiger partial charge in [0.05, 0.1) is 16.4 Å². The molecule has 148 valence electrons. The molecule has 29 heavy (non-hydrogen) atoms. The Bertz CT molecular complexity index is 1100. The topological polar surface area (TPSA) is 133 Å². The van der Waals surface area contributed by atoms with Crippen molar-refractivity contribution in [2.75, 3.05) is 5.32 Å². The van der Waals surface area contributed by atoms with E-state index in [4.69, 9.17) is 0 Å². The molecule has 3 aromatic rings. The second kappa shape index (κ2) is 7.89. The Morgan fingerprint density at radius 2 is 1.76 bits per heavy atom. The number of carbonyl (C=O) groups is 1. The van der Waals surface area contributed by atoms with Crippen molar-refractivity contribution in [1.82, 2.24) is 9.78 Å². The van der Waals surface area contributed by atoms with Crippen LogP contribution in [0.5, 0.6) is 0 Å². The summed E-state index contributed by atoms with van der Waals surface area (Å²) in [5.41, 5.74) is 2.20. The first-order valence-corrected chi connectivity index (χ1v) is 8.59. The van der Waals surface area contributed by atoms with Gasteiger partial charge in [-0.1, -0.05) is 18.2 Å². The number of hydrogen-bond acceptors (Lipinski definition) is 6. The standard InChI is InChI=1S/C19H17N5O5/c1-12-18(24(28)29)13(2)22(21-12)11-14-6-8-15(9-7-14)19(25)20-16-4-3-5-17(10-16)23(26)27/h3-10H,11H2,1-2H3,(H,20,25). The third-order valence-electron chi connectivity index (χ3n) is 4.39. The highest BCUT2D eigenvalue weighted by atomic mass is 16.6. The number of nitrogens with zero attached hydrogens (tertiary/aromatic N) is 4. The average molecular weight is 395 g/mol. The zero-order valence-corrected chi connectivity index (χ0v) is 15.7. The lowest BCUT2D eigenvalue weighted by molar-refractivity contribution is -0.386. The number of aryl methyl sites for hydroxylation is 1. The zero-order chi connectivity index (χ0) is 21.1. The maximum atomic E-state index is 12.4. The van der Waals surface area contributed by atoms with Gasteiger partial charge >= 0.3 is 5.69 Å². The molecule has 0 spiro atoms. The van der Waals surface area contributed by atoms with Crippen LogP contribution in [0.2, 0.25) is 0 Å². The van der Waals surface area contributed by atoms with Crippen molar-refractivity contribution in [2.24, 2.45) is 0 Å². The monoisotopic (exact) mass is 395 g/mol. The van der Waals surface area contributed by atoms with E-state index in [2.05, 4.69) is 10.4 Å². The lowest BCUT2D eigenvalue weighted by atomic mass is 10.1. The van der Waals surface area contributed by atoms with Gasteiger partial charge in [-0.3, -0.25) is 29.7 Å². The van der Waals surface area contributed by atoms with Crippen LogP contribution in [0.1, 0.15) is 27.3 Å². The summed E-state index contributed by atoms with van der Waals surface area (Å²) in [5, 5.41) is 28.8. The summed E-state index contributed by atoms with van der Waals surface area (Å²) in [5.74, 6) is -0.404. The van der Waals surface area contributed by atoms with Crippen LogP contribution in [0.4, 0.5) is 17.1 Å². The number of nitrogens with one attached hydrogen (secondary N) is 1. The first-order chi connectivity index (χ1) is 13.8. The summed E-state index contributed by atoms with van der Waals surface area (Å²) in [4.78, 5) is 33.3. The van der Waals surface area contributed by atoms with Crippen molar-refractivity contribution in [1.29, 1.82) is 0 Å². The molecule has 10 heteroatoms. The zero-order valence-electron chi connectivity index (χ0n) is 15.7. The molecule has 0 unspecified atom stereocenters. The molecule has 10 nitrogen and oxygen atoms in total. The second-order valence-electron chi connectivity index (χ2n) is 6.39. The number of carbonyl (C=O) groups excluding carboxylic acids is 1. The molecule has 0 saturated carbocycles. The second-order valence-corrected chi connectivity index (χ2v) is 6.39. The lowest BCUT2D eigenvalue weighted by Gasteiger charge is -2.07. The average Bonchev–Trinajstić information content (AvgIpc) is 2.95. The van der Waals surface area contributed by atoms with Crippen LogP contribution in [-0.2, 0) is 6.54 Å². The largest absolute Gasteiger partial charge is 0.322 e. The normalized spacial score (nSPS) is 10.6. The molecule has 0 bridgehead atoms. The number of non-ortho nitro benzene ring substituents is 1. The van der Waals surface area contributed by atoms with E-state index in [1.807, 2.05) is 0 Å². The van der Waals surface area contributed by atoms with E-state index < -0.39 is 15.8 Å². The molecule has 0 fully saturated rings. The number of nitro benzene ring substituents is 1. The van der Waals surface area contributed by atoms with Gasteiger partial charge in [-0.05, 0) is 37.6 Å². The fourth-order valence-corrected chi connectivity index (χ4v) is 2.94. The number of nitro groups is 2. The minimum absolute atomic E-state index is 0.00190. The van der Waals surface area contributed by atoms with Crippen LogP contribution >= 0.6 is 0 Å². The number of anilines is 1. The number of rotatable bonds is 6. The summed E-state index contributed by atoms with van der Waals surface area (Å²) in [6, 6.07) is 12.4. The summed E-state index contributed by atoms with van der Waals surface area (Å²) in [6.45, 7) is 3.55. The highest BCUT2D eigenvalue weighted by Crippen LogP contribution is 2.23. The predicted octanol–water partition coefficient (Wildman–Crippen LogP) is 3.62. The predicted molar refractivity (Wildman–Crippen MR) is 105 cm³/mol. The molecule has 1 aromatic heterocycles. The van der Waals surface area contributed by atoms with Crippen molar-refractivity contribution >= 4 is 23.0 Å². The maximum Gasteiger partial charge on any atom is 0.312 e. The minimum Gasteiger partial charge on any atom is -0.322 e. The first-order valence-electron chi connectivity index (χ1n) is 8.59. The summed E-state index contributed by atoms with van der Waals surface area (Å²) in [6.07, 6.45) is 0. The molecule has 1 amide bonds. The van der Waals surface area contributed by atoms with Crippen LogP contribution in [0.3, 0.4) is 0 Å². The number of aromatic nitrogens is 2. The van der Waals surface area contributed by atoms with Gasteiger partial charge in [-0.15, -0.1) is 0 Å². The van der Waals surface area contributed by atoms with Gasteiger partial charge in [0.25, 0.3) is 11.6 Å². The van der Waals surface area contributed by atoms with Gasteiger partial charge in [-0.25, -0.2) is 0 Å². The van der Waals surface area contributed by atoms with Gasteiger partial charge in [0.1, 0.15) is 11.4 Å².